The van der Waals surface area contributed by atoms with Gasteiger partial charge in [-0.15, -0.1) is 10.2 Å². The number of carbonyl (C=O) groups excluding carboxylic acids is 1. The van der Waals surface area contributed by atoms with Gasteiger partial charge in [-0.1, -0.05) is 24.3 Å². The summed E-state index contributed by atoms with van der Waals surface area (Å²) in [6.07, 6.45) is 1.91. The first kappa shape index (κ1) is 16.4. The third-order valence-corrected chi connectivity index (χ3v) is 4.76. The van der Waals surface area contributed by atoms with E-state index >= 15 is 0 Å². The average Bonchev–Trinajstić information content (AvgIpc) is 3.13. The van der Waals surface area contributed by atoms with Crippen molar-refractivity contribution in [3.8, 4) is 0 Å². The molecule has 0 bridgehead atoms. The zero-order chi connectivity index (χ0) is 17.9. The molecule has 1 aliphatic rings. The number of fused-ring (bicyclic) bond motifs is 1. The average molecular weight is 350 g/mol. The summed E-state index contributed by atoms with van der Waals surface area (Å²) in [4.78, 5) is 16.8. The van der Waals surface area contributed by atoms with Gasteiger partial charge in [0.2, 0.25) is 0 Å². The molecule has 1 unspecified atom stereocenters. The van der Waals surface area contributed by atoms with Crippen LogP contribution in [-0.2, 0) is 0 Å². The molecular formula is C19H22N6O. The number of carbonyl (C=O) groups is 1. The van der Waals surface area contributed by atoms with E-state index in [1.807, 2.05) is 58.8 Å². The lowest BCUT2D eigenvalue weighted by Crippen LogP contribution is -2.52. The first-order valence-electron chi connectivity index (χ1n) is 8.87. The van der Waals surface area contributed by atoms with E-state index in [0.29, 0.717) is 13.1 Å². The van der Waals surface area contributed by atoms with Gasteiger partial charge in [0, 0.05) is 38.1 Å². The van der Waals surface area contributed by atoms with E-state index in [2.05, 4.69) is 32.5 Å². The van der Waals surface area contributed by atoms with Gasteiger partial charge < -0.3 is 15.1 Å². The molecule has 0 saturated carbocycles. The molecule has 3 aromatic rings. The first-order valence-corrected chi connectivity index (χ1v) is 8.87. The molecule has 0 spiro atoms. The summed E-state index contributed by atoms with van der Waals surface area (Å²) in [5.74, 6) is 0.733. The number of para-hydroxylation sites is 1. The largest absolute Gasteiger partial charge is 0.368 e. The van der Waals surface area contributed by atoms with E-state index < -0.39 is 0 Å². The number of benzene rings is 1. The second-order valence-corrected chi connectivity index (χ2v) is 6.47. The van der Waals surface area contributed by atoms with Gasteiger partial charge in [0.25, 0.3) is 0 Å². The number of hydrogen-bond acceptors (Lipinski definition) is 4. The van der Waals surface area contributed by atoms with Gasteiger partial charge in [-0.05, 0) is 31.2 Å². The van der Waals surface area contributed by atoms with Gasteiger partial charge in [-0.2, -0.15) is 0 Å². The van der Waals surface area contributed by atoms with Gasteiger partial charge in [0.05, 0.1) is 6.04 Å². The van der Waals surface area contributed by atoms with Crippen LogP contribution in [0.5, 0.6) is 0 Å². The molecular weight excluding hydrogens is 328 g/mol. The van der Waals surface area contributed by atoms with Crippen LogP contribution in [0.3, 0.4) is 0 Å². The molecule has 1 aliphatic heterocycles. The van der Waals surface area contributed by atoms with Crippen molar-refractivity contribution < 1.29 is 4.79 Å². The van der Waals surface area contributed by atoms with Crippen LogP contribution in [-0.4, -0.2) is 51.7 Å². The summed E-state index contributed by atoms with van der Waals surface area (Å²) in [6.45, 7) is 5.00. The Labute approximate surface area is 152 Å². The molecule has 0 aliphatic carbocycles. The Morgan fingerprint density at radius 3 is 2.50 bits per heavy atom. The van der Waals surface area contributed by atoms with Crippen LogP contribution in [0.2, 0.25) is 0 Å². The fourth-order valence-electron chi connectivity index (χ4n) is 3.30. The predicted molar refractivity (Wildman–Crippen MR) is 100 cm³/mol. The third kappa shape index (κ3) is 3.20. The molecule has 7 nitrogen and oxygen atoms in total. The van der Waals surface area contributed by atoms with Gasteiger partial charge in [-0.25, -0.2) is 4.79 Å². The molecule has 3 heterocycles. The van der Waals surface area contributed by atoms with Crippen LogP contribution in [0.1, 0.15) is 18.8 Å². The molecule has 0 radical (unpaired) electrons. The number of nitrogens with zero attached hydrogens (tertiary/aromatic N) is 5. The molecule has 7 heteroatoms. The van der Waals surface area contributed by atoms with E-state index in [4.69, 9.17) is 0 Å². The second kappa shape index (κ2) is 7.03. The fraction of sp³-hybridized carbons (Fsp3) is 0.316. The fourth-order valence-corrected chi connectivity index (χ4v) is 3.30. The van der Waals surface area contributed by atoms with Gasteiger partial charge in [0.1, 0.15) is 0 Å². The van der Waals surface area contributed by atoms with E-state index in [0.717, 1.165) is 24.6 Å². The van der Waals surface area contributed by atoms with Crippen molar-refractivity contribution in [2.75, 3.05) is 31.1 Å². The van der Waals surface area contributed by atoms with Crippen molar-refractivity contribution in [3.63, 3.8) is 0 Å². The van der Waals surface area contributed by atoms with Gasteiger partial charge in [0.15, 0.2) is 11.5 Å². The van der Waals surface area contributed by atoms with Crippen molar-refractivity contribution in [1.29, 1.82) is 0 Å². The van der Waals surface area contributed by atoms with Crippen LogP contribution in [0.25, 0.3) is 5.65 Å². The number of aromatic nitrogens is 3. The maximum absolute atomic E-state index is 12.6. The van der Waals surface area contributed by atoms with E-state index in [1.165, 1.54) is 5.69 Å². The molecule has 2 amide bonds. The number of anilines is 1. The molecule has 4 rings (SSSR count). The van der Waals surface area contributed by atoms with Crippen molar-refractivity contribution in [2.24, 2.45) is 0 Å². The second-order valence-electron chi connectivity index (χ2n) is 6.47. The summed E-state index contributed by atoms with van der Waals surface area (Å²) < 4.78 is 1.90. The molecule has 1 atom stereocenters. The van der Waals surface area contributed by atoms with Crippen LogP contribution in [0, 0.1) is 0 Å². The van der Waals surface area contributed by atoms with Crippen LogP contribution in [0.15, 0.2) is 54.7 Å². The highest BCUT2D eigenvalue weighted by Gasteiger charge is 2.23. The zero-order valence-corrected chi connectivity index (χ0v) is 14.7. The van der Waals surface area contributed by atoms with Gasteiger partial charge in [-0.3, -0.25) is 4.40 Å². The lowest BCUT2D eigenvalue weighted by Gasteiger charge is -2.36. The Balaban J connectivity index is 1.37. The Kier molecular flexibility index (Phi) is 4.43. The highest BCUT2D eigenvalue weighted by atomic mass is 16.2. The summed E-state index contributed by atoms with van der Waals surface area (Å²) >= 11 is 0. The number of pyridine rings is 1. The first-order chi connectivity index (χ1) is 12.7. The summed E-state index contributed by atoms with van der Waals surface area (Å²) in [6, 6.07) is 15.8. The number of amides is 2. The Bertz CT molecular complexity index is 885. The summed E-state index contributed by atoms with van der Waals surface area (Å²) in [5, 5.41) is 11.4. The standard InChI is InChI=1S/C19H22N6O/c1-15(18-22-21-17-9-5-6-10-25(17)18)20-19(26)24-13-11-23(12-14-24)16-7-3-2-4-8-16/h2-10,15H,11-14H2,1H3,(H,20,26). The summed E-state index contributed by atoms with van der Waals surface area (Å²) in [5.41, 5.74) is 1.98. The molecule has 1 saturated heterocycles. The highest BCUT2D eigenvalue weighted by Crippen LogP contribution is 2.16. The van der Waals surface area contributed by atoms with Crippen molar-refractivity contribution >= 4 is 17.4 Å². The minimum atomic E-state index is -0.216. The number of nitrogens with one attached hydrogen (secondary N) is 1. The number of hydrogen-bond donors (Lipinski definition) is 1. The van der Waals surface area contributed by atoms with Gasteiger partial charge >= 0.3 is 6.03 Å². The van der Waals surface area contributed by atoms with Crippen LogP contribution < -0.4 is 10.2 Å². The Morgan fingerprint density at radius 2 is 1.73 bits per heavy atom. The predicted octanol–water partition coefficient (Wildman–Crippen LogP) is 2.32. The zero-order valence-electron chi connectivity index (χ0n) is 14.7. The number of piperazine rings is 1. The lowest BCUT2D eigenvalue weighted by molar-refractivity contribution is 0.190. The topological polar surface area (TPSA) is 65.8 Å². The monoisotopic (exact) mass is 350 g/mol. The Morgan fingerprint density at radius 1 is 1.00 bits per heavy atom. The van der Waals surface area contributed by atoms with Crippen LogP contribution >= 0.6 is 0 Å². The number of rotatable bonds is 3. The highest BCUT2D eigenvalue weighted by molar-refractivity contribution is 5.75. The normalized spacial score (nSPS) is 15.9. The Hall–Kier alpha value is -3.09. The van der Waals surface area contributed by atoms with Crippen molar-refractivity contribution in [3.05, 3.63) is 60.6 Å². The van der Waals surface area contributed by atoms with Crippen LogP contribution in [0.4, 0.5) is 10.5 Å². The quantitative estimate of drug-likeness (QED) is 0.787. The minimum Gasteiger partial charge on any atom is -0.368 e. The SMILES string of the molecule is CC(NC(=O)N1CCN(c2ccccc2)CC1)c1nnc2ccccn12. The maximum Gasteiger partial charge on any atom is 0.318 e. The lowest BCUT2D eigenvalue weighted by atomic mass is 10.2. The molecule has 26 heavy (non-hydrogen) atoms. The molecule has 1 aromatic carbocycles. The number of urea groups is 1. The summed E-state index contributed by atoms with van der Waals surface area (Å²) in [7, 11) is 0. The smallest absolute Gasteiger partial charge is 0.318 e. The van der Waals surface area contributed by atoms with Crippen molar-refractivity contribution in [2.45, 2.75) is 13.0 Å². The van der Waals surface area contributed by atoms with E-state index in [9.17, 15) is 4.79 Å². The molecule has 2 aromatic heterocycles. The molecule has 134 valence electrons. The molecule has 1 N–H and O–H groups in total. The molecule has 1 fully saturated rings. The maximum atomic E-state index is 12.6. The third-order valence-electron chi connectivity index (χ3n) is 4.76. The van der Waals surface area contributed by atoms with E-state index in [-0.39, 0.29) is 12.1 Å². The van der Waals surface area contributed by atoms with Crippen molar-refractivity contribution in [1.82, 2.24) is 24.8 Å². The van der Waals surface area contributed by atoms with E-state index in [1.54, 1.807) is 0 Å². The minimum absolute atomic E-state index is 0.0575.